The molecule has 0 saturated carbocycles. The van der Waals surface area contributed by atoms with Crippen LogP contribution in [-0.4, -0.2) is 54.0 Å². The van der Waals surface area contributed by atoms with Gasteiger partial charge in [0, 0.05) is 24.8 Å². The highest BCUT2D eigenvalue weighted by molar-refractivity contribution is 5.99. The Labute approximate surface area is 113 Å². The van der Waals surface area contributed by atoms with Gasteiger partial charge in [0.15, 0.2) is 0 Å². The van der Waals surface area contributed by atoms with Crippen LogP contribution in [0.25, 0.3) is 0 Å². The zero-order valence-corrected chi connectivity index (χ0v) is 11.5. The van der Waals surface area contributed by atoms with Crippen LogP contribution in [-0.2, 0) is 0 Å². The third-order valence-corrected chi connectivity index (χ3v) is 3.48. The number of hydrogen-bond donors (Lipinski definition) is 2. The van der Waals surface area contributed by atoms with E-state index in [1.165, 1.54) is 12.1 Å². The molecule has 5 nitrogen and oxygen atoms in total. The van der Waals surface area contributed by atoms with Gasteiger partial charge in [-0.2, -0.15) is 0 Å². The predicted octanol–water partition coefficient (Wildman–Crippen LogP) is 1.14. The highest BCUT2D eigenvalue weighted by Gasteiger charge is 2.30. The molecule has 0 spiro atoms. The lowest BCUT2D eigenvalue weighted by Crippen LogP contribution is -2.41. The van der Waals surface area contributed by atoms with Crippen molar-refractivity contribution < 1.29 is 9.90 Å². The molecular weight excluding hydrogens is 242 g/mol. The lowest BCUT2D eigenvalue weighted by Gasteiger charge is -2.27. The van der Waals surface area contributed by atoms with Crippen molar-refractivity contribution in [1.82, 2.24) is 9.80 Å². The number of nitrogens with two attached hydrogens (primary N) is 1. The molecular formula is C14H21N3O2. The Morgan fingerprint density at radius 3 is 2.95 bits per heavy atom. The standard InChI is InChI=1S/C14H21N3O2/c1-16(2)9-10-4-3-7-17(10)14(19)12-8-11(18)5-6-13(12)15/h5-6,8,10,18H,3-4,7,9,15H2,1-2H3. The van der Waals surface area contributed by atoms with Crippen LogP contribution in [0.15, 0.2) is 18.2 Å². The number of phenols is 1. The smallest absolute Gasteiger partial charge is 0.256 e. The zero-order chi connectivity index (χ0) is 14.0. The number of nitrogen functional groups attached to an aromatic ring is 1. The highest BCUT2D eigenvalue weighted by atomic mass is 16.3. The molecule has 1 aromatic rings. The number of phenolic OH excluding ortho intramolecular Hbond substituents is 1. The van der Waals surface area contributed by atoms with Crippen molar-refractivity contribution in [2.45, 2.75) is 18.9 Å². The van der Waals surface area contributed by atoms with Crippen LogP contribution in [0, 0.1) is 0 Å². The van der Waals surface area contributed by atoms with E-state index < -0.39 is 0 Å². The molecule has 1 atom stereocenters. The van der Waals surface area contributed by atoms with E-state index >= 15 is 0 Å². The number of benzene rings is 1. The Morgan fingerprint density at radius 2 is 2.26 bits per heavy atom. The maximum absolute atomic E-state index is 12.5. The van der Waals surface area contributed by atoms with Crippen LogP contribution < -0.4 is 5.73 Å². The maximum Gasteiger partial charge on any atom is 0.256 e. The first-order valence-electron chi connectivity index (χ1n) is 6.53. The number of anilines is 1. The fourth-order valence-corrected chi connectivity index (χ4v) is 2.60. The summed E-state index contributed by atoms with van der Waals surface area (Å²) in [5, 5.41) is 9.51. The molecule has 0 bridgehead atoms. The molecule has 0 radical (unpaired) electrons. The second kappa shape index (κ2) is 5.48. The van der Waals surface area contributed by atoms with Crippen molar-refractivity contribution in [2.75, 3.05) is 32.9 Å². The molecule has 1 heterocycles. The van der Waals surface area contributed by atoms with Crippen molar-refractivity contribution in [2.24, 2.45) is 0 Å². The topological polar surface area (TPSA) is 69.8 Å². The molecule has 1 amide bonds. The number of carbonyl (C=O) groups is 1. The van der Waals surface area contributed by atoms with E-state index in [0.717, 1.165) is 25.9 Å². The van der Waals surface area contributed by atoms with Gasteiger partial charge in [0.05, 0.1) is 5.56 Å². The van der Waals surface area contributed by atoms with E-state index in [1.54, 1.807) is 6.07 Å². The third kappa shape index (κ3) is 2.98. The third-order valence-electron chi connectivity index (χ3n) is 3.48. The fraction of sp³-hybridized carbons (Fsp3) is 0.500. The largest absolute Gasteiger partial charge is 0.508 e. The van der Waals surface area contributed by atoms with E-state index in [1.807, 2.05) is 19.0 Å². The number of likely N-dealkylation sites (N-methyl/N-ethyl adjacent to an activating group) is 1. The van der Waals surface area contributed by atoms with Gasteiger partial charge in [-0.25, -0.2) is 0 Å². The molecule has 2 rings (SSSR count). The zero-order valence-electron chi connectivity index (χ0n) is 11.5. The molecule has 3 N–H and O–H groups in total. The van der Waals surface area contributed by atoms with Crippen LogP contribution in [0.4, 0.5) is 5.69 Å². The van der Waals surface area contributed by atoms with Gasteiger partial charge >= 0.3 is 0 Å². The van der Waals surface area contributed by atoms with E-state index in [-0.39, 0.29) is 17.7 Å². The maximum atomic E-state index is 12.5. The Kier molecular flexibility index (Phi) is 3.95. The normalized spacial score (nSPS) is 19.1. The second-order valence-corrected chi connectivity index (χ2v) is 5.33. The predicted molar refractivity (Wildman–Crippen MR) is 75.1 cm³/mol. The molecule has 1 unspecified atom stereocenters. The Morgan fingerprint density at radius 1 is 1.53 bits per heavy atom. The summed E-state index contributed by atoms with van der Waals surface area (Å²) in [4.78, 5) is 16.5. The number of hydrogen-bond acceptors (Lipinski definition) is 4. The average molecular weight is 263 g/mol. The Hall–Kier alpha value is -1.75. The molecule has 1 aliphatic rings. The lowest BCUT2D eigenvalue weighted by atomic mass is 10.1. The SMILES string of the molecule is CN(C)CC1CCCN1C(=O)c1cc(O)ccc1N. The van der Waals surface area contributed by atoms with Crippen molar-refractivity contribution >= 4 is 11.6 Å². The monoisotopic (exact) mass is 263 g/mol. The second-order valence-electron chi connectivity index (χ2n) is 5.33. The van der Waals surface area contributed by atoms with Gasteiger partial charge in [-0.15, -0.1) is 0 Å². The minimum atomic E-state index is -0.0854. The Bertz CT molecular complexity index is 474. The first-order valence-corrected chi connectivity index (χ1v) is 6.53. The van der Waals surface area contributed by atoms with E-state index in [4.69, 9.17) is 5.73 Å². The summed E-state index contributed by atoms with van der Waals surface area (Å²) in [6.07, 6.45) is 2.03. The van der Waals surface area contributed by atoms with E-state index in [0.29, 0.717) is 11.3 Å². The van der Waals surface area contributed by atoms with Crippen LogP contribution in [0.3, 0.4) is 0 Å². The van der Waals surface area contributed by atoms with Crippen molar-refractivity contribution in [3.8, 4) is 5.75 Å². The highest BCUT2D eigenvalue weighted by Crippen LogP contribution is 2.25. The Balaban J connectivity index is 2.20. The molecule has 1 fully saturated rings. The molecule has 0 aromatic heterocycles. The van der Waals surface area contributed by atoms with Crippen molar-refractivity contribution in [1.29, 1.82) is 0 Å². The van der Waals surface area contributed by atoms with Crippen LogP contribution in [0.1, 0.15) is 23.2 Å². The molecule has 5 heteroatoms. The van der Waals surface area contributed by atoms with Gasteiger partial charge in [-0.3, -0.25) is 4.79 Å². The number of carbonyl (C=O) groups excluding carboxylic acids is 1. The summed E-state index contributed by atoms with van der Waals surface area (Å²) in [7, 11) is 4.01. The van der Waals surface area contributed by atoms with Gasteiger partial charge in [-0.1, -0.05) is 0 Å². The number of likely N-dealkylation sites (tertiary alicyclic amines) is 1. The summed E-state index contributed by atoms with van der Waals surface area (Å²) in [5.41, 5.74) is 6.64. The van der Waals surface area contributed by atoms with Crippen LogP contribution in [0.5, 0.6) is 5.75 Å². The molecule has 1 aromatic carbocycles. The minimum Gasteiger partial charge on any atom is -0.508 e. The number of amides is 1. The summed E-state index contributed by atoms with van der Waals surface area (Å²) < 4.78 is 0. The van der Waals surface area contributed by atoms with Crippen molar-refractivity contribution in [3.63, 3.8) is 0 Å². The summed E-state index contributed by atoms with van der Waals surface area (Å²) in [6, 6.07) is 4.74. The van der Waals surface area contributed by atoms with Crippen LogP contribution in [0.2, 0.25) is 0 Å². The molecule has 0 aliphatic carbocycles. The molecule has 1 aliphatic heterocycles. The molecule has 1 saturated heterocycles. The summed E-state index contributed by atoms with van der Waals surface area (Å²) in [5.74, 6) is -0.0151. The molecule has 104 valence electrons. The first-order chi connectivity index (χ1) is 8.99. The van der Waals surface area contributed by atoms with Gasteiger partial charge in [0.25, 0.3) is 5.91 Å². The summed E-state index contributed by atoms with van der Waals surface area (Å²) in [6.45, 7) is 1.61. The van der Waals surface area contributed by atoms with Gasteiger partial charge in [-0.05, 0) is 45.1 Å². The van der Waals surface area contributed by atoms with Crippen molar-refractivity contribution in [3.05, 3.63) is 23.8 Å². The van der Waals surface area contributed by atoms with Gasteiger partial charge in [0.2, 0.25) is 0 Å². The van der Waals surface area contributed by atoms with Gasteiger partial charge < -0.3 is 20.6 Å². The number of nitrogens with zero attached hydrogens (tertiary/aromatic N) is 2. The summed E-state index contributed by atoms with van der Waals surface area (Å²) >= 11 is 0. The first kappa shape index (κ1) is 13.7. The molecule has 19 heavy (non-hydrogen) atoms. The number of rotatable bonds is 3. The quantitative estimate of drug-likeness (QED) is 0.634. The minimum absolute atomic E-state index is 0.0703. The lowest BCUT2D eigenvalue weighted by molar-refractivity contribution is 0.0717. The fourth-order valence-electron chi connectivity index (χ4n) is 2.60. The number of aromatic hydroxyl groups is 1. The van der Waals surface area contributed by atoms with Crippen LogP contribution >= 0.6 is 0 Å². The van der Waals surface area contributed by atoms with E-state index in [9.17, 15) is 9.90 Å². The van der Waals surface area contributed by atoms with E-state index in [2.05, 4.69) is 4.90 Å². The average Bonchev–Trinajstić information content (AvgIpc) is 2.78. The van der Waals surface area contributed by atoms with Gasteiger partial charge in [0.1, 0.15) is 5.75 Å².